The molecule has 1 aromatic heterocycles. The smallest absolute Gasteiger partial charge is 0.353 e. The van der Waals surface area contributed by atoms with Gasteiger partial charge in [-0.3, -0.25) is 0 Å². The van der Waals surface area contributed by atoms with Crippen LogP contribution in [-0.2, 0) is 20.2 Å². The van der Waals surface area contributed by atoms with E-state index < -0.39 is 27.4 Å². The maximum absolute atomic E-state index is 13.5. The molecular formula is C24H28N2O5S. The molecule has 1 heterocycles. The number of carbonyl (C=O) groups is 1. The molecule has 0 radical (unpaired) electrons. The van der Waals surface area contributed by atoms with Gasteiger partial charge < -0.3 is 9.47 Å². The van der Waals surface area contributed by atoms with Gasteiger partial charge in [0, 0.05) is 0 Å². The van der Waals surface area contributed by atoms with Crippen LogP contribution in [0.25, 0.3) is 0 Å². The third-order valence-electron chi connectivity index (χ3n) is 4.79. The maximum Gasteiger partial charge on any atom is 0.353 e. The molecule has 0 saturated heterocycles. The van der Waals surface area contributed by atoms with Crippen LogP contribution < -0.4 is 9.47 Å². The van der Waals surface area contributed by atoms with Crippen LogP contribution in [0.3, 0.4) is 0 Å². The van der Waals surface area contributed by atoms with E-state index in [2.05, 4.69) is 5.10 Å². The van der Waals surface area contributed by atoms with Crippen molar-refractivity contribution in [3.05, 3.63) is 65.9 Å². The molecule has 0 aliphatic rings. The minimum atomic E-state index is -3.99. The van der Waals surface area contributed by atoms with Gasteiger partial charge in [0.05, 0.1) is 16.1 Å². The predicted molar refractivity (Wildman–Crippen MR) is 121 cm³/mol. The average molecular weight is 457 g/mol. The molecule has 0 N–H and O–H groups in total. The zero-order valence-corrected chi connectivity index (χ0v) is 19.9. The number of hydrogen-bond donors (Lipinski definition) is 0. The van der Waals surface area contributed by atoms with E-state index in [4.69, 9.17) is 9.47 Å². The third-order valence-corrected chi connectivity index (χ3v) is 6.69. The summed E-state index contributed by atoms with van der Waals surface area (Å²) in [5.41, 5.74) is 0.551. The van der Waals surface area contributed by atoms with Gasteiger partial charge in [0.2, 0.25) is 15.7 Å². The highest BCUT2D eigenvalue weighted by molar-refractivity contribution is 7.91. The summed E-state index contributed by atoms with van der Waals surface area (Å²) in [6, 6.07) is 15.4. The summed E-state index contributed by atoms with van der Waals surface area (Å²) in [5.74, 6) is -0.339. The first-order valence-electron chi connectivity index (χ1n) is 10.3. The van der Waals surface area contributed by atoms with Crippen LogP contribution in [0.1, 0.15) is 39.0 Å². The van der Waals surface area contributed by atoms with E-state index in [1.807, 2.05) is 33.8 Å². The monoisotopic (exact) mass is 456 g/mol. The van der Waals surface area contributed by atoms with Crippen LogP contribution in [0, 0.1) is 13.8 Å². The minimum Gasteiger partial charge on any atom is -0.479 e. The lowest BCUT2D eigenvalue weighted by atomic mass is 10.1. The first kappa shape index (κ1) is 23.5. The van der Waals surface area contributed by atoms with E-state index in [-0.39, 0.29) is 21.4 Å². The van der Waals surface area contributed by atoms with Crippen molar-refractivity contribution >= 4 is 15.8 Å². The number of carbonyl (C=O) groups excluding carboxylic acids is 1. The quantitative estimate of drug-likeness (QED) is 0.509. The van der Waals surface area contributed by atoms with Crippen molar-refractivity contribution in [2.24, 2.45) is 0 Å². The number of rotatable bonds is 6. The maximum atomic E-state index is 13.5. The minimum absolute atomic E-state index is 0.102. The second-order valence-electron chi connectivity index (χ2n) is 8.61. The Morgan fingerprint density at radius 1 is 1.00 bits per heavy atom. The molecule has 0 aliphatic carbocycles. The lowest BCUT2D eigenvalue weighted by Gasteiger charge is -2.23. The first-order valence-corrected chi connectivity index (χ1v) is 11.7. The third kappa shape index (κ3) is 4.85. The van der Waals surface area contributed by atoms with Crippen molar-refractivity contribution in [3.8, 4) is 11.6 Å². The van der Waals surface area contributed by atoms with Crippen LogP contribution in [-0.4, -0.2) is 30.3 Å². The number of esters is 1. The largest absolute Gasteiger partial charge is 0.479 e. The summed E-state index contributed by atoms with van der Waals surface area (Å²) >= 11 is 0. The van der Waals surface area contributed by atoms with Crippen LogP contribution in [0.5, 0.6) is 11.6 Å². The standard InChI is InChI=1S/C24H28N2O5S/c1-16-12-14-20(15-13-16)32(28,29)21-17(2)25-26(24(4,5)6)22(21)31-23(27)18(3)30-19-10-8-7-9-11-19/h7-15,18H,1-6H3/t18-/m0/s1. The van der Waals surface area contributed by atoms with Crippen molar-refractivity contribution in [1.82, 2.24) is 9.78 Å². The first-order chi connectivity index (χ1) is 14.9. The predicted octanol–water partition coefficient (Wildman–Crippen LogP) is 4.46. The summed E-state index contributed by atoms with van der Waals surface area (Å²) < 4.78 is 39.7. The van der Waals surface area contributed by atoms with Crippen molar-refractivity contribution in [1.29, 1.82) is 0 Å². The molecule has 1 atom stereocenters. The molecule has 0 bridgehead atoms. The van der Waals surface area contributed by atoms with Gasteiger partial charge in [-0.05, 0) is 65.8 Å². The Kier molecular flexibility index (Phi) is 6.46. The van der Waals surface area contributed by atoms with Gasteiger partial charge in [-0.25, -0.2) is 17.9 Å². The number of hydrogen-bond acceptors (Lipinski definition) is 6. The molecule has 0 spiro atoms. The molecule has 0 aliphatic heterocycles. The molecule has 7 nitrogen and oxygen atoms in total. The van der Waals surface area contributed by atoms with Gasteiger partial charge in [0.25, 0.3) is 0 Å². The number of nitrogens with zero attached hydrogens (tertiary/aromatic N) is 2. The summed E-state index contributed by atoms with van der Waals surface area (Å²) in [4.78, 5) is 12.9. The number of benzene rings is 2. The number of aromatic nitrogens is 2. The van der Waals surface area contributed by atoms with Gasteiger partial charge in [-0.2, -0.15) is 5.10 Å². The molecule has 0 saturated carbocycles. The van der Waals surface area contributed by atoms with Crippen LogP contribution in [0.2, 0.25) is 0 Å². The van der Waals surface area contributed by atoms with Gasteiger partial charge >= 0.3 is 5.97 Å². The number of sulfone groups is 1. The van der Waals surface area contributed by atoms with Gasteiger partial charge in [0.1, 0.15) is 5.75 Å². The zero-order chi connectivity index (χ0) is 23.7. The lowest BCUT2D eigenvalue weighted by molar-refractivity contribution is -0.142. The number of ether oxygens (including phenoxy) is 2. The molecule has 170 valence electrons. The van der Waals surface area contributed by atoms with Crippen LogP contribution >= 0.6 is 0 Å². The summed E-state index contributed by atoms with van der Waals surface area (Å²) in [5, 5.41) is 4.41. The fourth-order valence-electron chi connectivity index (χ4n) is 3.11. The molecule has 3 rings (SSSR count). The fraction of sp³-hybridized carbons (Fsp3) is 0.333. The van der Waals surface area contributed by atoms with E-state index >= 15 is 0 Å². The molecule has 0 fully saturated rings. The molecule has 3 aromatic rings. The Morgan fingerprint density at radius 2 is 1.59 bits per heavy atom. The van der Waals surface area contributed by atoms with E-state index in [1.54, 1.807) is 50.2 Å². The van der Waals surface area contributed by atoms with Crippen molar-refractivity contribution in [2.75, 3.05) is 0 Å². The van der Waals surface area contributed by atoms with E-state index in [9.17, 15) is 13.2 Å². The van der Waals surface area contributed by atoms with Gasteiger partial charge in [-0.1, -0.05) is 35.9 Å². The van der Waals surface area contributed by atoms with Crippen LogP contribution in [0.15, 0.2) is 64.4 Å². The van der Waals surface area contributed by atoms with Gasteiger partial charge in [0.15, 0.2) is 11.0 Å². The van der Waals surface area contributed by atoms with Crippen molar-refractivity contribution in [2.45, 2.75) is 63.0 Å². The Balaban J connectivity index is 2.04. The summed E-state index contributed by atoms with van der Waals surface area (Å²) in [7, 11) is -3.99. The SMILES string of the molecule is Cc1ccc(S(=O)(=O)c2c(C)nn(C(C)(C)C)c2OC(=O)[C@H](C)Oc2ccccc2)cc1. The Hall–Kier alpha value is -3.13. The highest BCUT2D eigenvalue weighted by atomic mass is 32.2. The summed E-state index contributed by atoms with van der Waals surface area (Å²) in [6.07, 6.45) is -0.962. The highest BCUT2D eigenvalue weighted by Gasteiger charge is 2.35. The highest BCUT2D eigenvalue weighted by Crippen LogP contribution is 2.36. The average Bonchev–Trinajstić information content (AvgIpc) is 3.06. The van der Waals surface area contributed by atoms with Crippen molar-refractivity contribution < 1.29 is 22.7 Å². The summed E-state index contributed by atoms with van der Waals surface area (Å²) in [6.45, 7) is 10.6. The van der Waals surface area contributed by atoms with Gasteiger partial charge in [-0.15, -0.1) is 0 Å². The second-order valence-corrected chi connectivity index (χ2v) is 10.5. The van der Waals surface area contributed by atoms with Crippen molar-refractivity contribution in [3.63, 3.8) is 0 Å². The van der Waals surface area contributed by atoms with E-state index in [0.717, 1.165) is 5.56 Å². The lowest BCUT2D eigenvalue weighted by Crippen LogP contribution is -2.32. The molecule has 2 aromatic carbocycles. The Bertz CT molecular complexity index is 1210. The van der Waals surface area contributed by atoms with Crippen LogP contribution in [0.4, 0.5) is 0 Å². The molecule has 32 heavy (non-hydrogen) atoms. The molecule has 0 unspecified atom stereocenters. The topological polar surface area (TPSA) is 87.5 Å². The molecular weight excluding hydrogens is 428 g/mol. The Labute approximate surface area is 188 Å². The molecule has 8 heteroatoms. The normalized spacial score (nSPS) is 12.9. The van der Waals surface area contributed by atoms with E-state index in [0.29, 0.717) is 5.75 Å². The number of para-hydroxylation sites is 1. The second kappa shape index (κ2) is 8.78. The zero-order valence-electron chi connectivity index (χ0n) is 19.1. The number of aryl methyl sites for hydroxylation is 2. The van der Waals surface area contributed by atoms with E-state index in [1.165, 1.54) is 16.8 Å². The Morgan fingerprint density at radius 3 is 2.16 bits per heavy atom. The molecule has 0 amide bonds. The fourth-order valence-corrected chi connectivity index (χ4v) is 4.63.